The van der Waals surface area contributed by atoms with Gasteiger partial charge in [0.2, 0.25) is 0 Å². The van der Waals surface area contributed by atoms with Crippen molar-refractivity contribution in [2.24, 2.45) is 5.84 Å². The van der Waals surface area contributed by atoms with E-state index in [-0.39, 0.29) is 6.04 Å². The lowest BCUT2D eigenvalue weighted by atomic mass is 10.0. The molecule has 1 aromatic carbocycles. The Bertz CT molecular complexity index is 341. The molecule has 0 fully saturated rings. The third-order valence-electron chi connectivity index (χ3n) is 2.18. The molecule has 3 N–H and O–H groups in total. The highest BCUT2D eigenvalue weighted by molar-refractivity contribution is 9.10. The molecule has 0 bridgehead atoms. The molecule has 1 unspecified atom stereocenters. The van der Waals surface area contributed by atoms with Gasteiger partial charge in [0.1, 0.15) is 5.75 Å². The van der Waals surface area contributed by atoms with Crippen LogP contribution in [0, 0.1) is 0 Å². The number of rotatable bonds is 5. The highest BCUT2D eigenvalue weighted by Gasteiger charge is 2.09. The number of halogens is 1. The first-order valence-electron chi connectivity index (χ1n) is 4.63. The second-order valence-electron chi connectivity index (χ2n) is 3.14. The summed E-state index contributed by atoms with van der Waals surface area (Å²) in [5, 5.41) is 0. The Kier molecular flexibility index (Phi) is 4.81. The summed E-state index contributed by atoms with van der Waals surface area (Å²) < 4.78 is 6.08. The first-order chi connectivity index (χ1) is 7.22. The van der Waals surface area contributed by atoms with E-state index in [2.05, 4.69) is 27.9 Å². The molecule has 0 spiro atoms. The number of hydrogen-bond acceptors (Lipinski definition) is 3. The van der Waals surface area contributed by atoms with Crippen LogP contribution in [0.5, 0.6) is 5.75 Å². The smallest absolute Gasteiger partial charge is 0.133 e. The molecule has 4 heteroatoms. The molecule has 0 aliphatic rings. The van der Waals surface area contributed by atoms with Crippen LogP contribution in [-0.2, 0) is 0 Å². The van der Waals surface area contributed by atoms with Crippen molar-refractivity contribution in [2.75, 3.05) is 7.11 Å². The normalized spacial score (nSPS) is 12.2. The van der Waals surface area contributed by atoms with Gasteiger partial charge in [0, 0.05) is 6.04 Å². The van der Waals surface area contributed by atoms with E-state index in [1.54, 1.807) is 7.11 Å². The van der Waals surface area contributed by atoms with E-state index < -0.39 is 0 Å². The van der Waals surface area contributed by atoms with Gasteiger partial charge in [-0.1, -0.05) is 12.1 Å². The number of hydrazine groups is 1. The molecule has 82 valence electrons. The van der Waals surface area contributed by atoms with Crippen molar-refractivity contribution >= 4 is 15.9 Å². The monoisotopic (exact) mass is 270 g/mol. The third kappa shape index (κ3) is 3.06. The Labute approximate surface area is 98.4 Å². The summed E-state index contributed by atoms with van der Waals surface area (Å²) >= 11 is 3.44. The van der Waals surface area contributed by atoms with E-state index in [0.717, 1.165) is 22.2 Å². The molecule has 0 amide bonds. The minimum Gasteiger partial charge on any atom is -0.496 e. The van der Waals surface area contributed by atoms with Crippen LogP contribution in [0.25, 0.3) is 0 Å². The van der Waals surface area contributed by atoms with Crippen molar-refractivity contribution in [2.45, 2.75) is 12.5 Å². The Morgan fingerprint density at radius 3 is 2.87 bits per heavy atom. The van der Waals surface area contributed by atoms with Gasteiger partial charge in [-0.3, -0.25) is 11.3 Å². The number of nitrogens with two attached hydrogens (primary N) is 1. The van der Waals surface area contributed by atoms with Gasteiger partial charge < -0.3 is 4.74 Å². The van der Waals surface area contributed by atoms with Crippen LogP contribution in [0.3, 0.4) is 0 Å². The molecule has 15 heavy (non-hydrogen) atoms. The van der Waals surface area contributed by atoms with Gasteiger partial charge in [-0.2, -0.15) is 0 Å². The third-order valence-corrected chi connectivity index (χ3v) is 2.80. The van der Waals surface area contributed by atoms with E-state index in [1.165, 1.54) is 0 Å². The predicted octanol–water partition coefficient (Wildman–Crippen LogP) is 2.54. The SMILES string of the molecule is C=CCC(NN)c1ccc(OC)c(Br)c1. The highest BCUT2D eigenvalue weighted by Crippen LogP contribution is 2.28. The molecule has 1 rings (SSSR count). The fourth-order valence-corrected chi connectivity index (χ4v) is 1.92. The van der Waals surface area contributed by atoms with E-state index >= 15 is 0 Å². The van der Waals surface area contributed by atoms with Crippen molar-refractivity contribution < 1.29 is 4.74 Å². The maximum absolute atomic E-state index is 5.47. The second kappa shape index (κ2) is 5.90. The lowest BCUT2D eigenvalue weighted by Gasteiger charge is -2.15. The number of methoxy groups -OCH3 is 1. The zero-order chi connectivity index (χ0) is 11.3. The summed E-state index contributed by atoms with van der Waals surface area (Å²) in [5.41, 5.74) is 3.85. The van der Waals surface area contributed by atoms with Crippen molar-refractivity contribution in [3.63, 3.8) is 0 Å². The molecule has 0 radical (unpaired) electrons. The van der Waals surface area contributed by atoms with Crippen LogP contribution in [0.2, 0.25) is 0 Å². The van der Waals surface area contributed by atoms with Crippen molar-refractivity contribution in [1.29, 1.82) is 0 Å². The second-order valence-corrected chi connectivity index (χ2v) is 3.99. The molecule has 1 atom stereocenters. The van der Waals surface area contributed by atoms with E-state index in [4.69, 9.17) is 10.6 Å². The van der Waals surface area contributed by atoms with Crippen LogP contribution >= 0.6 is 15.9 Å². The van der Waals surface area contributed by atoms with E-state index in [9.17, 15) is 0 Å². The standard InChI is InChI=1S/C11H15BrN2O/c1-3-4-10(14-13)8-5-6-11(15-2)9(12)7-8/h3,5-7,10,14H,1,4,13H2,2H3. The summed E-state index contributed by atoms with van der Waals surface area (Å²) in [6.07, 6.45) is 2.62. The quantitative estimate of drug-likeness (QED) is 0.491. The molecule has 0 aromatic heterocycles. The Morgan fingerprint density at radius 1 is 1.67 bits per heavy atom. The van der Waals surface area contributed by atoms with Gasteiger partial charge in [0.15, 0.2) is 0 Å². The average Bonchev–Trinajstić information content (AvgIpc) is 2.25. The molecule has 0 heterocycles. The first-order valence-corrected chi connectivity index (χ1v) is 5.42. The average molecular weight is 271 g/mol. The van der Waals surface area contributed by atoms with Gasteiger partial charge in [-0.25, -0.2) is 0 Å². The van der Waals surface area contributed by atoms with Crippen molar-refractivity contribution in [3.8, 4) is 5.75 Å². The highest BCUT2D eigenvalue weighted by atomic mass is 79.9. The fraction of sp³-hybridized carbons (Fsp3) is 0.273. The van der Waals surface area contributed by atoms with Crippen LogP contribution in [-0.4, -0.2) is 7.11 Å². The first kappa shape index (κ1) is 12.2. The molecule has 1 aromatic rings. The lowest BCUT2D eigenvalue weighted by molar-refractivity contribution is 0.411. The number of benzene rings is 1. The van der Waals surface area contributed by atoms with Gasteiger partial charge in [-0.05, 0) is 40.0 Å². The molecule has 3 nitrogen and oxygen atoms in total. The van der Waals surface area contributed by atoms with Crippen LogP contribution in [0.15, 0.2) is 35.3 Å². The van der Waals surface area contributed by atoms with Gasteiger partial charge in [0.05, 0.1) is 11.6 Å². The summed E-state index contributed by atoms with van der Waals surface area (Å²) in [7, 11) is 1.64. The number of hydrogen-bond donors (Lipinski definition) is 2. The summed E-state index contributed by atoms with van der Waals surface area (Å²) in [5.74, 6) is 6.28. The summed E-state index contributed by atoms with van der Waals surface area (Å²) in [6.45, 7) is 3.70. The Hall–Kier alpha value is -0.840. The maximum Gasteiger partial charge on any atom is 0.133 e. The van der Waals surface area contributed by atoms with Gasteiger partial charge >= 0.3 is 0 Å². The minimum absolute atomic E-state index is 0.0877. The molecule has 0 aliphatic carbocycles. The largest absolute Gasteiger partial charge is 0.496 e. The zero-order valence-electron chi connectivity index (χ0n) is 8.66. The van der Waals surface area contributed by atoms with Crippen molar-refractivity contribution in [1.82, 2.24) is 5.43 Å². The number of nitrogens with one attached hydrogen (secondary N) is 1. The fourth-order valence-electron chi connectivity index (χ4n) is 1.37. The summed E-state index contributed by atoms with van der Waals surface area (Å²) in [6, 6.07) is 5.97. The molecule has 0 saturated heterocycles. The molecular formula is C11H15BrN2O. The zero-order valence-corrected chi connectivity index (χ0v) is 10.3. The number of ether oxygens (including phenoxy) is 1. The Balaban J connectivity index is 2.94. The topological polar surface area (TPSA) is 47.3 Å². The van der Waals surface area contributed by atoms with Crippen LogP contribution in [0.4, 0.5) is 0 Å². The van der Waals surface area contributed by atoms with Crippen molar-refractivity contribution in [3.05, 3.63) is 40.9 Å². The van der Waals surface area contributed by atoms with E-state index in [0.29, 0.717) is 0 Å². The lowest BCUT2D eigenvalue weighted by Crippen LogP contribution is -2.27. The summed E-state index contributed by atoms with van der Waals surface area (Å²) in [4.78, 5) is 0. The minimum atomic E-state index is 0.0877. The van der Waals surface area contributed by atoms with Crippen LogP contribution in [0.1, 0.15) is 18.0 Å². The molecular weight excluding hydrogens is 256 g/mol. The van der Waals surface area contributed by atoms with Gasteiger partial charge in [-0.15, -0.1) is 6.58 Å². The predicted molar refractivity (Wildman–Crippen MR) is 65.6 cm³/mol. The Morgan fingerprint density at radius 2 is 2.40 bits per heavy atom. The van der Waals surface area contributed by atoms with Gasteiger partial charge in [0.25, 0.3) is 0 Å². The van der Waals surface area contributed by atoms with Crippen LogP contribution < -0.4 is 16.0 Å². The van der Waals surface area contributed by atoms with E-state index in [1.807, 2.05) is 24.3 Å². The maximum atomic E-state index is 5.47. The molecule has 0 saturated carbocycles. The molecule has 0 aliphatic heterocycles.